The van der Waals surface area contributed by atoms with Crippen LogP contribution in [-0.4, -0.2) is 29.8 Å². The molecule has 0 aliphatic rings. The topological polar surface area (TPSA) is 72.6 Å². The van der Waals surface area contributed by atoms with E-state index in [1.807, 2.05) is 6.08 Å². The van der Waals surface area contributed by atoms with Crippen LogP contribution in [0.3, 0.4) is 0 Å². The second-order valence-corrected chi connectivity index (χ2v) is 10.9. The normalized spacial score (nSPS) is 13.3. The summed E-state index contributed by atoms with van der Waals surface area (Å²) in [6, 6.07) is -0.556. The van der Waals surface area contributed by atoms with Crippen molar-refractivity contribution in [3.63, 3.8) is 0 Å². The highest BCUT2D eigenvalue weighted by atomic mass is 16.5. The van der Waals surface area contributed by atoms with E-state index >= 15 is 0 Å². The average molecular weight is 510 g/mol. The molecule has 0 amide bonds. The Labute approximate surface area is 225 Å². The van der Waals surface area contributed by atoms with Crippen molar-refractivity contribution in [3.05, 3.63) is 12.2 Å². The van der Waals surface area contributed by atoms with E-state index < -0.39 is 12.1 Å². The highest BCUT2D eigenvalue weighted by molar-refractivity contribution is 5.69. The molecule has 0 fully saturated rings. The monoisotopic (exact) mass is 509 g/mol. The third-order valence-corrected chi connectivity index (χ3v) is 7.17. The number of carbonyl (C=O) groups excluding carboxylic acids is 1. The van der Waals surface area contributed by atoms with Gasteiger partial charge in [-0.25, -0.2) is 0 Å². The van der Waals surface area contributed by atoms with Gasteiger partial charge in [0, 0.05) is 6.42 Å². The van der Waals surface area contributed by atoms with Gasteiger partial charge in [0.1, 0.15) is 6.61 Å². The Hall–Kier alpha value is -0.870. The predicted octanol–water partition coefficient (Wildman–Crippen LogP) is 9.18. The summed E-state index contributed by atoms with van der Waals surface area (Å²) in [7, 11) is 0. The molecule has 0 aromatic heterocycles. The maximum absolute atomic E-state index is 11.9. The lowest BCUT2D eigenvalue weighted by Crippen LogP contribution is -2.38. The van der Waals surface area contributed by atoms with Gasteiger partial charge >= 0.3 is 5.97 Å². The van der Waals surface area contributed by atoms with Gasteiger partial charge in [0.2, 0.25) is 0 Å². The molecule has 4 nitrogen and oxygen atoms in total. The molecular weight excluding hydrogens is 446 g/mol. The van der Waals surface area contributed by atoms with Gasteiger partial charge < -0.3 is 15.6 Å². The molecule has 36 heavy (non-hydrogen) atoms. The summed E-state index contributed by atoms with van der Waals surface area (Å²) in [5.41, 5.74) is 6.00. The lowest BCUT2D eigenvalue weighted by Gasteiger charge is -2.15. The minimum atomic E-state index is -0.757. The van der Waals surface area contributed by atoms with E-state index in [9.17, 15) is 9.90 Å². The number of aliphatic hydroxyl groups excluding tert-OH is 1. The first-order valence-electron chi connectivity index (χ1n) is 15.9. The number of nitrogens with two attached hydrogens (primary N) is 1. The Morgan fingerprint density at radius 2 is 1.06 bits per heavy atom. The van der Waals surface area contributed by atoms with E-state index in [1.165, 1.54) is 122 Å². The molecule has 2 atom stereocenters. The van der Waals surface area contributed by atoms with Gasteiger partial charge in [-0.15, -0.1) is 0 Å². The van der Waals surface area contributed by atoms with E-state index in [4.69, 9.17) is 10.5 Å². The largest absolute Gasteiger partial charge is 0.464 e. The van der Waals surface area contributed by atoms with Crippen LogP contribution >= 0.6 is 0 Å². The molecular formula is C32H63NO3. The molecule has 0 heterocycles. The zero-order chi connectivity index (χ0) is 26.5. The molecule has 0 saturated carbocycles. The average Bonchev–Trinajstić information content (AvgIpc) is 2.88. The highest BCUT2D eigenvalue weighted by Crippen LogP contribution is 2.13. The van der Waals surface area contributed by atoms with E-state index in [0.717, 1.165) is 25.7 Å². The fourth-order valence-electron chi connectivity index (χ4n) is 4.60. The van der Waals surface area contributed by atoms with Crippen LogP contribution in [0.15, 0.2) is 12.2 Å². The van der Waals surface area contributed by atoms with Crippen LogP contribution < -0.4 is 5.73 Å². The van der Waals surface area contributed by atoms with Gasteiger partial charge in [0.05, 0.1) is 12.1 Å². The van der Waals surface area contributed by atoms with E-state index in [1.54, 1.807) is 6.08 Å². The van der Waals surface area contributed by atoms with Gasteiger partial charge in [0.15, 0.2) is 0 Å². The molecule has 0 rings (SSSR count). The smallest absolute Gasteiger partial charge is 0.305 e. The molecule has 3 N–H and O–H groups in total. The Morgan fingerprint density at radius 3 is 1.50 bits per heavy atom. The number of hydrogen-bond donors (Lipinski definition) is 2. The lowest BCUT2D eigenvalue weighted by atomic mass is 10.0. The molecule has 0 spiro atoms. The van der Waals surface area contributed by atoms with E-state index in [0.29, 0.717) is 6.42 Å². The first-order valence-corrected chi connectivity index (χ1v) is 15.9. The minimum absolute atomic E-state index is 0.0841. The summed E-state index contributed by atoms with van der Waals surface area (Å²) in [5.74, 6) is -0.196. The number of hydrogen-bond acceptors (Lipinski definition) is 4. The van der Waals surface area contributed by atoms with Crippen molar-refractivity contribution in [2.24, 2.45) is 5.73 Å². The molecule has 214 valence electrons. The van der Waals surface area contributed by atoms with Crippen molar-refractivity contribution in [2.45, 2.75) is 180 Å². The summed E-state index contributed by atoms with van der Waals surface area (Å²) in [6.45, 7) is 4.61. The predicted molar refractivity (Wildman–Crippen MR) is 156 cm³/mol. The van der Waals surface area contributed by atoms with Crippen LogP contribution in [0, 0.1) is 0 Å². The van der Waals surface area contributed by atoms with Crippen LogP contribution in [0.2, 0.25) is 0 Å². The number of rotatable bonds is 28. The summed E-state index contributed by atoms with van der Waals surface area (Å²) in [6.07, 6.45) is 33.1. The van der Waals surface area contributed by atoms with Crippen molar-refractivity contribution in [1.29, 1.82) is 0 Å². The summed E-state index contributed by atoms with van der Waals surface area (Å²) >= 11 is 0. The second-order valence-electron chi connectivity index (χ2n) is 10.9. The number of esters is 1. The molecule has 0 bridgehead atoms. The van der Waals surface area contributed by atoms with E-state index in [2.05, 4.69) is 13.8 Å². The number of ether oxygens (including phenoxy) is 1. The molecule has 0 radical (unpaired) electrons. The maximum atomic E-state index is 11.9. The standard InChI is InChI=1S/C32H63NO3/c1-3-5-7-9-11-13-15-16-18-19-21-23-25-27-31(34)30(33)29-36-32(35)28-26-24-22-20-17-14-12-10-8-6-4-2/h25,27,30-31,34H,3-24,26,28-29,33H2,1-2H3. The van der Waals surface area contributed by atoms with Gasteiger partial charge in [-0.3, -0.25) is 4.79 Å². The third-order valence-electron chi connectivity index (χ3n) is 7.17. The van der Waals surface area contributed by atoms with Gasteiger partial charge in [0.25, 0.3) is 0 Å². The van der Waals surface area contributed by atoms with Gasteiger partial charge in [-0.05, 0) is 19.3 Å². The van der Waals surface area contributed by atoms with Crippen LogP contribution in [0.4, 0.5) is 0 Å². The number of carbonyl (C=O) groups is 1. The third kappa shape index (κ3) is 26.2. The molecule has 4 heteroatoms. The Morgan fingerprint density at radius 1 is 0.667 bits per heavy atom. The Kier molecular flexibility index (Phi) is 28.0. The zero-order valence-electron chi connectivity index (χ0n) is 24.3. The number of allylic oxidation sites excluding steroid dienone is 1. The second kappa shape index (κ2) is 28.7. The molecule has 0 aromatic rings. The van der Waals surface area contributed by atoms with Crippen molar-refractivity contribution in [3.8, 4) is 0 Å². The van der Waals surface area contributed by atoms with Crippen molar-refractivity contribution in [2.75, 3.05) is 6.61 Å². The fourth-order valence-corrected chi connectivity index (χ4v) is 4.60. The van der Waals surface area contributed by atoms with Crippen molar-refractivity contribution < 1.29 is 14.6 Å². The quantitative estimate of drug-likeness (QED) is 0.0626. The first kappa shape index (κ1) is 35.1. The lowest BCUT2D eigenvalue weighted by molar-refractivity contribution is -0.144. The summed E-state index contributed by atoms with van der Waals surface area (Å²) in [5, 5.41) is 10.2. The Balaban J connectivity index is 3.51. The zero-order valence-corrected chi connectivity index (χ0v) is 24.3. The van der Waals surface area contributed by atoms with Crippen molar-refractivity contribution in [1.82, 2.24) is 0 Å². The molecule has 0 aliphatic carbocycles. The van der Waals surface area contributed by atoms with Crippen LogP contribution in [0.5, 0.6) is 0 Å². The number of aliphatic hydroxyl groups is 1. The van der Waals surface area contributed by atoms with Crippen molar-refractivity contribution >= 4 is 5.97 Å². The molecule has 2 unspecified atom stereocenters. The fraction of sp³-hybridized carbons (Fsp3) is 0.906. The van der Waals surface area contributed by atoms with Crippen LogP contribution in [0.25, 0.3) is 0 Å². The van der Waals surface area contributed by atoms with Crippen LogP contribution in [0.1, 0.15) is 168 Å². The first-order chi connectivity index (χ1) is 17.6. The minimum Gasteiger partial charge on any atom is -0.464 e. The number of unbranched alkanes of at least 4 members (excludes halogenated alkanes) is 21. The summed E-state index contributed by atoms with van der Waals surface area (Å²) in [4.78, 5) is 11.9. The van der Waals surface area contributed by atoms with E-state index in [-0.39, 0.29) is 12.6 Å². The maximum Gasteiger partial charge on any atom is 0.305 e. The Bertz CT molecular complexity index is 480. The molecule has 0 aromatic carbocycles. The SMILES string of the molecule is CCCCCCCCCCCCCC=CC(O)C(N)COC(=O)CCCCCCCCCCCCC. The van der Waals surface area contributed by atoms with Crippen LogP contribution in [-0.2, 0) is 9.53 Å². The summed E-state index contributed by atoms with van der Waals surface area (Å²) < 4.78 is 5.28. The molecule has 0 saturated heterocycles. The van der Waals surface area contributed by atoms with Gasteiger partial charge in [-0.1, -0.05) is 154 Å². The van der Waals surface area contributed by atoms with Gasteiger partial charge in [-0.2, -0.15) is 0 Å². The highest BCUT2D eigenvalue weighted by Gasteiger charge is 2.14. The molecule has 0 aliphatic heterocycles.